The van der Waals surface area contributed by atoms with Gasteiger partial charge in [-0.05, 0) is 48.4 Å². The first-order chi connectivity index (χ1) is 8.97. The molecule has 0 saturated carbocycles. The van der Waals surface area contributed by atoms with Crippen molar-refractivity contribution in [3.63, 3.8) is 0 Å². The fraction of sp³-hybridized carbons (Fsp3) is 0.143. The lowest BCUT2D eigenvalue weighted by atomic mass is 10.1. The molecule has 5 heteroatoms. The van der Waals surface area contributed by atoms with Crippen molar-refractivity contribution in [1.82, 2.24) is 0 Å². The molecule has 0 bridgehead atoms. The predicted molar refractivity (Wildman–Crippen MR) is 72.1 cm³/mol. The number of anilines is 1. The second-order valence-corrected chi connectivity index (χ2v) is 5.66. The van der Waals surface area contributed by atoms with Crippen molar-refractivity contribution in [2.45, 2.75) is 17.6 Å². The molecule has 0 spiro atoms. The van der Waals surface area contributed by atoms with Gasteiger partial charge in [0, 0.05) is 5.69 Å². The SMILES string of the molecule is Cc1ccc(F)cc1CS(=O)c1cc(F)ccc1N. The van der Waals surface area contributed by atoms with Crippen molar-refractivity contribution in [1.29, 1.82) is 0 Å². The van der Waals surface area contributed by atoms with Crippen molar-refractivity contribution in [2.75, 3.05) is 5.73 Å². The molecule has 0 aliphatic heterocycles. The van der Waals surface area contributed by atoms with Gasteiger partial charge in [0.1, 0.15) is 11.6 Å². The van der Waals surface area contributed by atoms with Gasteiger partial charge in [-0.15, -0.1) is 0 Å². The van der Waals surface area contributed by atoms with E-state index in [4.69, 9.17) is 5.73 Å². The second kappa shape index (κ2) is 5.48. The summed E-state index contributed by atoms with van der Waals surface area (Å²) >= 11 is 0. The molecular weight excluding hydrogens is 268 g/mol. The Morgan fingerprint density at radius 2 is 1.74 bits per heavy atom. The molecule has 100 valence electrons. The smallest absolute Gasteiger partial charge is 0.124 e. The second-order valence-electron chi connectivity index (χ2n) is 4.24. The van der Waals surface area contributed by atoms with E-state index in [2.05, 4.69) is 0 Å². The fourth-order valence-electron chi connectivity index (χ4n) is 1.72. The molecule has 0 radical (unpaired) electrons. The van der Waals surface area contributed by atoms with E-state index in [9.17, 15) is 13.0 Å². The lowest BCUT2D eigenvalue weighted by molar-refractivity contribution is 0.622. The summed E-state index contributed by atoms with van der Waals surface area (Å²) in [5.41, 5.74) is 7.41. The minimum absolute atomic E-state index is 0.108. The van der Waals surface area contributed by atoms with Gasteiger partial charge in [0.25, 0.3) is 0 Å². The maximum absolute atomic E-state index is 13.2. The normalized spacial score (nSPS) is 12.4. The molecule has 1 atom stereocenters. The number of nitrogen functional groups attached to an aromatic ring is 1. The Hall–Kier alpha value is -1.75. The van der Waals surface area contributed by atoms with Gasteiger partial charge < -0.3 is 5.73 Å². The largest absolute Gasteiger partial charge is 0.398 e. The summed E-state index contributed by atoms with van der Waals surface area (Å²) in [7, 11) is -1.51. The molecule has 1 unspecified atom stereocenters. The summed E-state index contributed by atoms with van der Waals surface area (Å²) in [5.74, 6) is -0.768. The van der Waals surface area contributed by atoms with Crippen molar-refractivity contribution < 1.29 is 13.0 Å². The van der Waals surface area contributed by atoms with Crippen LogP contribution in [0.3, 0.4) is 0 Å². The number of benzene rings is 2. The third-order valence-corrected chi connectivity index (χ3v) is 4.24. The van der Waals surface area contributed by atoms with Crippen LogP contribution in [0.1, 0.15) is 11.1 Å². The van der Waals surface area contributed by atoms with Crippen LogP contribution in [-0.2, 0) is 16.6 Å². The molecule has 0 aliphatic rings. The van der Waals surface area contributed by atoms with E-state index in [1.165, 1.54) is 24.3 Å². The molecule has 2 nitrogen and oxygen atoms in total. The number of nitrogens with two attached hydrogens (primary N) is 1. The number of hydrogen-bond donors (Lipinski definition) is 1. The zero-order chi connectivity index (χ0) is 14.0. The topological polar surface area (TPSA) is 43.1 Å². The maximum atomic E-state index is 13.2. The molecule has 2 rings (SSSR count). The molecule has 0 saturated heterocycles. The number of halogens is 2. The van der Waals surface area contributed by atoms with Crippen LogP contribution in [0.25, 0.3) is 0 Å². The molecule has 0 aliphatic carbocycles. The van der Waals surface area contributed by atoms with Crippen LogP contribution in [0.2, 0.25) is 0 Å². The molecule has 0 amide bonds. The molecule has 2 aromatic rings. The highest BCUT2D eigenvalue weighted by Gasteiger charge is 2.12. The van der Waals surface area contributed by atoms with Gasteiger partial charge in [-0.1, -0.05) is 6.07 Å². The van der Waals surface area contributed by atoms with Gasteiger partial charge in [-0.25, -0.2) is 8.78 Å². The molecule has 2 N–H and O–H groups in total. The zero-order valence-corrected chi connectivity index (χ0v) is 11.1. The Morgan fingerprint density at radius 1 is 1.11 bits per heavy atom. The van der Waals surface area contributed by atoms with Gasteiger partial charge in [0.15, 0.2) is 0 Å². The highest BCUT2D eigenvalue weighted by atomic mass is 32.2. The first-order valence-corrected chi connectivity index (χ1v) is 6.97. The Balaban J connectivity index is 2.30. The molecule has 0 aromatic heterocycles. The predicted octanol–water partition coefficient (Wildman–Crippen LogP) is 3.16. The van der Waals surface area contributed by atoms with Crippen LogP contribution in [0.15, 0.2) is 41.3 Å². The van der Waals surface area contributed by atoms with E-state index < -0.39 is 16.6 Å². The number of hydrogen-bond acceptors (Lipinski definition) is 2. The summed E-state index contributed by atoms with van der Waals surface area (Å²) in [6.45, 7) is 1.81. The van der Waals surface area contributed by atoms with Crippen LogP contribution >= 0.6 is 0 Å². The molecular formula is C14H13F2NOS. The van der Waals surface area contributed by atoms with Crippen molar-refractivity contribution >= 4 is 16.5 Å². The standard InChI is InChI=1S/C14H13F2NOS/c1-9-2-3-11(15)6-10(9)8-19(18)14-7-12(16)4-5-13(14)17/h2-7H,8,17H2,1H3. The fourth-order valence-corrected chi connectivity index (χ4v) is 3.04. The van der Waals surface area contributed by atoms with Crippen molar-refractivity contribution in [2.24, 2.45) is 0 Å². The van der Waals surface area contributed by atoms with Crippen LogP contribution in [0.5, 0.6) is 0 Å². The highest BCUT2D eigenvalue weighted by molar-refractivity contribution is 7.84. The van der Waals surface area contributed by atoms with Gasteiger partial charge in [-0.3, -0.25) is 4.21 Å². The van der Waals surface area contributed by atoms with E-state index >= 15 is 0 Å². The lowest BCUT2D eigenvalue weighted by Crippen LogP contribution is -2.03. The minimum Gasteiger partial charge on any atom is -0.398 e. The minimum atomic E-state index is -1.51. The van der Waals surface area contributed by atoms with E-state index in [0.717, 1.165) is 11.6 Å². The van der Waals surface area contributed by atoms with Crippen LogP contribution < -0.4 is 5.73 Å². The summed E-state index contributed by atoms with van der Waals surface area (Å²) in [6.07, 6.45) is 0. The lowest BCUT2D eigenvalue weighted by Gasteiger charge is -2.08. The summed E-state index contributed by atoms with van der Waals surface area (Å²) < 4.78 is 38.5. The van der Waals surface area contributed by atoms with E-state index in [1.54, 1.807) is 13.0 Å². The Labute approximate surface area is 112 Å². The first kappa shape index (κ1) is 13.7. The van der Waals surface area contributed by atoms with Crippen molar-refractivity contribution in [3.05, 3.63) is 59.2 Å². The quantitative estimate of drug-likeness (QED) is 0.878. The zero-order valence-electron chi connectivity index (χ0n) is 10.3. The van der Waals surface area contributed by atoms with Crippen LogP contribution in [-0.4, -0.2) is 4.21 Å². The number of rotatable bonds is 3. The van der Waals surface area contributed by atoms with Gasteiger partial charge >= 0.3 is 0 Å². The van der Waals surface area contributed by atoms with Gasteiger partial charge in [0.2, 0.25) is 0 Å². The van der Waals surface area contributed by atoms with E-state index in [-0.39, 0.29) is 22.2 Å². The average Bonchev–Trinajstić information content (AvgIpc) is 2.36. The third-order valence-electron chi connectivity index (χ3n) is 2.82. The van der Waals surface area contributed by atoms with Crippen molar-refractivity contribution in [3.8, 4) is 0 Å². The Bertz CT molecular complexity index is 643. The van der Waals surface area contributed by atoms with E-state index in [1.807, 2.05) is 0 Å². The highest BCUT2D eigenvalue weighted by Crippen LogP contribution is 2.22. The summed E-state index contributed by atoms with van der Waals surface area (Å²) in [4.78, 5) is 0.240. The van der Waals surface area contributed by atoms with Gasteiger partial charge in [0.05, 0.1) is 21.4 Å². The number of aryl methyl sites for hydroxylation is 1. The summed E-state index contributed by atoms with van der Waals surface area (Å²) in [5, 5.41) is 0. The van der Waals surface area contributed by atoms with E-state index in [0.29, 0.717) is 5.56 Å². The molecule has 0 heterocycles. The van der Waals surface area contributed by atoms with Gasteiger partial charge in [-0.2, -0.15) is 0 Å². The first-order valence-electron chi connectivity index (χ1n) is 5.66. The Morgan fingerprint density at radius 3 is 2.47 bits per heavy atom. The molecule has 19 heavy (non-hydrogen) atoms. The maximum Gasteiger partial charge on any atom is 0.124 e. The average molecular weight is 281 g/mol. The molecule has 0 fully saturated rings. The third kappa shape index (κ3) is 3.17. The summed E-state index contributed by atoms with van der Waals surface area (Å²) in [6, 6.07) is 8.04. The molecule has 2 aromatic carbocycles. The monoisotopic (exact) mass is 281 g/mol. The van der Waals surface area contributed by atoms with Crippen LogP contribution in [0, 0.1) is 18.6 Å². The van der Waals surface area contributed by atoms with Crippen LogP contribution in [0.4, 0.5) is 14.5 Å². The Kier molecular flexibility index (Phi) is 3.95.